The molecule has 0 aliphatic carbocycles. The molecule has 0 radical (unpaired) electrons. The van der Waals surface area contributed by atoms with E-state index >= 15 is 0 Å². The number of aryl methyl sites for hydroxylation is 2. The van der Waals surface area contributed by atoms with Gasteiger partial charge in [0.1, 0.15) is 17.5 Å². The van der Waals surface area contributed by atoms with E-state index in [2.05, 4.69) is 20.6 Å². The molecule has 5 nitrogen and oxygen atoms in total. The summed E-state index contributed by atoms with van der Waals surface area (Å²) in [7, 11) is 0. The summed E-state index contributed by atoms with van der Waals surface area (Å²) in [4.78, 5) is 20.4. The van der Waals surface area contributed by atoms with Gasteiger partial charge in [-0.3, -0.25) is 4.79 Å². The van der Waals surface area contributed by atoms with E-state index in [9.17, 15) is 4.79 Å². The predicted molar refractivity (Wildman–Crippen MR) is 106 cm³/mol. The number of nitrogens with one attached hydrogen (secondary N) is 2. The van der Waals surface area contributed by atoms with Crippen LogP contribution in [0.1, 0.15) is 28.7 Å². The molecule has 0 atom stereocenters. The highest BCUT2D eigenvalue weighted by atomic mass is 35.5. The van der Waals surface area contributed by atoms with Crippen molar-refractivity contribution in [1.29, 1.82) is 0 Å². The molecule has 1 aromatic heterocycles. The van der Waals surface area contributed by atoms with Gasteiger partial charge < -0.3 is 10.6 Å². The predicted octanol–water partition coefficient (Wildman–Crippen LogP) is 5.44. The zero-order chi connectivity index (χ0) is 18.7. The van der Waals surface area contributed by atoms with Crippen LogP contribution in [0.4, 0.5) is 23.0 Å². The quantitative estimate of drug-likeness (QED) is 0.589. The van der Waals surface area contributed by atoms with Gasteiger partial charge >= 0.3 is 0 Å². The minimum atomic E-state index is 0.0214. The Bertz CT molecular complexity index is 972. The second-order valence-electron chi connectivity index (χ2n) is 6.03. The second kappa shape index (κ2) is 7.54. The van der Waals surface area contributed by atoms with Crippen molar-refractivity contribution in [2.45, 2.75) is 20.8 Å². The average Bonchev–Trinajstić information content (AvgIpc) is 2.57. The summed E-state index contributed by atoms with van der Waals surface area (Å²) in [5, 5.41) is 7.21. The molecule has 0 saturated heterocycles. The van der Waals surface area contributed by atoms with E-state index in [-0.39, 0.29) is 5.78 Å². The van der Waals surface area contributed by atoms with E-state index in [0.717, 1.165) is 16.9 Å². The Balaban J connectivity index is 1.85. The molecule has 0 spiro atoms. The van der Waals surface area contributed by atoms with Gasteiger partial charge in [-0.25, -0.2) is 9.97 Å². The standard InChI is InChI=1S/C20H19ClN4O/c1-12-9-16(21)7-8-18(12)25-20-11-19(22-14(3)23-20)24-17-6-4-5-15(10-17)13(2)26/h4-11H,1-3H3,(H2,22,23,24,25). The van der Waals surface area contributed by atoms with Gasteiger partial charge in [-0.15, -0.1) is 0 Å². The largest absolute Gasteiger partial charge is 0.340 e. The number of carbonyl (C=O) groups excluding carboxylic acids is 1. The molecule has 3 aromatic rings. The van der Waals surface area contributed by atoms with Crippen molar-refractivity contribution in [3.63, 3.8) is 0 Å². The molecule has 0 amide bonds. The van der Waals surface area contributed by atoms with Crippen LogP contribution in [0.3, 0.4) is 0 Å². The first-order chi connectivity index (χ1) is 12.4. The third-order valence-electron chi connectivity index (χ3n) is 3.83. The SMILES string of the molecule is CC(=O)c1cccc(Nc2cc(Nc3ccc(Cl)cc3C)nc(C)n2)c1. The molecule has 0 saturated carbocycles. The Morgan fingerprint density at radius 3 is 2.38 bits per heavy atom. The third-order valence-corrected chi connectivity index (χ3v) is 4.07. The Labute approximate surface area is 157 Å². The van der Waals surface area contributed by atoms with Crippen LogP contribution in [0.15, 0.2) is 48.5 Å². The van der Waals surface area contributed by atoms with Crippen LogP contribution in [-0.4, -0.2) is 15.8 Å². The van der Waals surface area contributed by atoms with E-state index < -0.39 is 0 Å². The van der Waals surface area contributed by atoms with Gasteiger partial charge in [-0.1, -0.05) is 23.7 Å². The lowest BCUT2D eigenvalue weighted by Crippen LogP contribution is -2.02. The van der Waals surface area contributed by atoms with Crippen molar-refractivity contribution < 1.29 is 4.79 Å². The number of hydrogen-bond donors (Lipinski definition) is 2. The van der Waals surface area contributed by atoms with E-state index in [0.29, 0.717) is 28.0 Å². The Morgan fingerprint density at radius 2 is 1.69 bits per heavy atom. The topological polar surface area (TPSA) is 66.9 Å². The Morgan fingerprint density at radius 1 is 0.962 bits per heavy atom. The number of anilines is 4. The second-order valence-corrected chi connectivity index (χ2v) is 6.47. The maximum Gasteiger partial charge on any atom is 0.159 e. The van der Waals surface area contributed by atoms with Crippen molar-refractivity contribution in [2.75, 3.05) is 10.6 Å². The minimum absolute atomic E-state index is 0.0214. The first-order valence-corrected chi connectivity index (χ1v) is 8.55. The van der Waals surface area contributed by atoms with Crippen molar-refractivity contribution in [2.24, 2.45) is 0 Å². The fourth-order valence-corrected chi connectivity index (χ4v) is 2.79. The van der Waals surface area contributed by atoms with Crippen molar-refractivity contribution in [3.05, 3.63) is 70.5 Å². The number of carbonyl (C=O) groups is 1. The average molecular weight is 367 g/mol. The minimum Gasteiger partial charge on any atom is -0.340 e. The zero-order valence-corrected chi connectivity index (χ0v) is 15.6. The number of ketones is 1. The maximum absolute atomic E-state index is 11.5. The molecule has 3 rings (SSSR count). The van der Waals surface area contributed by atoms with Gasteiger partial charge in [0, 0.05) is 28.0 Å². The fraction of sp³-hybridized carbons (Fsp3) is 0.150. The van der Waals surface area contributed by atoms with Crippen molar-refractivity contribution >= 4 is 40.4 Å². The molecular formula is C20H19ClN4O. The first kappa shape index (κ1) is 17.9. The lowest BCUT2D eigenvalue weighted by molar-refractivity contribution is 0.101. The molecule has 0 unspecified atom stereocenters. The van der Waals surface area contributed by atoms with Crippen LogP contribution in [0.2, 0.25) is 5.02 Å². The lowest BCUT2D eigenvalue weighted by atomic mass is 10.1. The van der Waals surface area contributed by atoms with Crippen molar-refractivity contribution in [3.8, 4) is 0 Å². The highest BCUT2D eigenvalue weighted by Gasteiger charge is 2.06. The summed E-state index contributed by atoms with van der Waals surface area (Å²) in [6.07, 6.45) is 0. The van der Waals surface area contributed by atoms with Gasteiger partial charge in [-0.2, -0.15) is 0 Å². The molecule has 1 heterocycles. The first-order valence-electron chi connectivity index (χ1n) is 8.17. The number of halogens is 1. The van der Waals surface area contributed by atoms with Crippen LogP contribution < -0.4 is 10.6 Å². The smallest absolute Gasteiger partial charge is 0.159 e. The van der Waals surface area contributed by atoms with E-state index in [1.165, 1.54) is 0 Å². The van der Waals surface area contributed by atoms with E-state index in [1.54, 1.807) is 19.1 Å². The summed E-state index contributed by atoms with van der Waals surface area (Å²) in [6, 6.07) is 14.8. The monoisotopic (exact) mass is 366 g/mol. The summed E-state index contributed by atoms with van der Waals surface area (Å²) in [5.41, 5.74) is 3.40. The highest BCUT2D eigenvalue weighted by molar-refractivity contribution is 6.30. The van der Waals surface area contributed by atoms with Crippen LogP contribution in [0.25, 0.3) is 0 Å². The number of Topliss-reactive ketones (excluding diaryl/α,β-unsaturated/α-hetero) is 1. The number of nitrogens with zero attached hydrogens (tertiary/aromatic N) is 2. The van der Waals surface area contributed by atoms with Crippen LogP contribution >= 0.6 is 11.6 Å². The summed E-state index contributed by atoms with van der Waals surface area (Å²) >= 11 is 6.01. The highest BCUT2D eigenvalue weighted by Crippen LogP contribution is 2.25. The number of hydrogen-bond acceptors (Lipinski definition) is 5. The van der Waals surface area contributed by atoms with Gasteiger partial charge in [0.15, 0.2) is 5.78 Å². The van der Waals surface area contributed by atoms with Gasteiger partial charge in [0.25, 0.3) is 0 Å². The molecule has 26 heavy (non-hydrogen) atoms. The molecule has 0 aliphatic rings. The molecule has 132 valence electrons. The van der Waals surface area contributed by atoms with Gasteiger partial charge in [-0.05, 0) is 56.7 Å². The van der Waals surface area contributed by atoms with E-state index in [4.69, 9.17) is 11.6 Å². The van der Waals surface area contributed by atoms with Crippen LogP contribution in [0.5, 0.6) is 0 Å². The number of aromatic nitrogens is 2. The number of benzene rings is 2. The van der Waals surface area contributed by atoms with Gasteiger partial charge in [0.05, 0.1) is 0 Å². The van der Waals surface area contributed by atoms with E-state index in [1.807, 2.05) is 50.2 Å². The zero-order valence-electron chi connectivity index (χ0n) is 14.8. The van der Waals surface area contributed by atoms with Gasteiger partial charge in [0.2, 0.25) is 0 Å². The third kappa shape index (κ3) is 4.37. The number of rotatable bonds is 5. The maximum atomic E-state index is 11.5. The Kier molecular flexibility index (Phi) is 5.19. The molecule has 2 aromatic carbocycles. The molecule has 0 aliphatic heterocycles. The van der Waals surface area contributed by atoms with Crippen LogP contribution in [0, 0.1) is 13.8 Å². The summed E-state index contributed by atoms with van der Waals surface area (Å²) < 4.78 is 0. The molecule has 0 bridgehead atoms. The Hall–Kier alpha value is -2.92. The molecular weight excluding hydrogens is 348 g/mol. The van der Waals surface area contributed by atoms with Crippen molar-refractivity contribution in [1.82, 2.24) is 9.97 Å². The lowest BCUT2D eigenvalue weighted by Gasteiger charge is -2.12. The summed E-state index contributed by atoms with van der Waals surface area (Å²) in [5.74, 6) is 1.97. The molecule has 0 fully saturated rings. The summed E-state index contributed by atoms with van der Waals surface area (Å²) in [6.45, 7) is 5.36. The molecule has 2 N–H and O–H groups in total. The normalized spacial score (nSPS) is 10.5. The van der Waals surface area contributed by atoms with Crippen LogP contribution in [-0.2, 0) is 0 Å². The fourth-order valence-electron chi connectivity index (χ4n) is 2.56. The molecule has 6 heteroatoms.